The summed E-state index contributed by atoms with van der Waals surface area (Å²) in [6.07, 6.45) is 3.24. The molecule has 1 saturated heterocycles. The molecule has 0 aliphatic carbocycles. The average molecular weight is 379 g/mol. The summed E-state index contributed by atoms with van der Waals surface area (Å²) in [5.41, 5.74) is 2.95. The van der Waals surface area contributed by atoms with Crippen molar-refractivity contribution in [2.24, 2.45) is 0 Å². The van der Waals surface area contributed by atoms with Gasteiger partial charge in [0.1, 0.15) is 5.75 Å². The van der Waals surface area contributed by atoms with Crippen LogP contribution < -0.4 is 15.4 Å². The summed E-state index contributed by atoms with van der Waals surface area (Å²) in [6, 6.07) is 11.6. The third kappa shape index (κ3) is 3.99. The molecule has 0 spiro atoms. The fourth-order valence-electron chi connectivity index (χ4n) is 3.67. The number of amides is 1. The van der Waals surface area contributed by atoms with E-state index >= 15 is 0 Å². The van der Waals surface area contributed by atoms with Crippen LogP contribution in [0.3, 0.4) is 0 Å². The fraction of sp³-hybridized carbons (Fsp3) is 0.381. The molecule has 1 amide bonds. The molecule has 7 heteroatoms. The Balaban J connectivity index is 1.38. The van der Waals surface area contributed by atoms with Gasteiger partial charge in [0.25, 0.3) is 0 Å². The molecule has 1 aliphatic rings. The molecule has 146 valence electrons. The van der Waals surface area contributed by atoms with Gasteiger partial charge >= 0.3 is 0 Å². The number of hydrogen-bond donors (Lipinski definition) is 2. The van der Waals surface area contributed by atoms with Crippen molar-refractivity contribution in [2.45, 2.75) is 25.3 Å². The second kappa shape index (κ2) is 8.39. The number of aromatic nitrogens is 3. The highest BCUT2D eigenvalue weighted by Crippen LogP contribution is 2.27. The predicted molar refractivity (Wildman–Crippen MR) is 107 cm³/mol. The molecule has 1 fully saturated rings. The Hall–Kier alpha value is -2.93. The van der Waals surface area contributed by atoms with Crippen LogP contribution in [0.2, 0.25) is 0 Å². The number of pyridine rings is 1. The minimum atomic E-state index is -0.00481. The highest BCUT2D eigenvalue weighted by Gasteiger charge is 2.23. The van der Waals surface area contributed by atoms with Crippen molar-refractivity contribution < 1.29 is 9.53 Å². The van der Waals surface area contributed by atoms with Crippen molar-refractivity contribution >= 4 is 16.9 Å². The summed E-state index contributed by atoms with van der Waals surface area (Å²) in [7, 11) is 1.63. The second-order valence-electron chi connectivity index (χ2n) is 7.05. The molecular weight excluding hydrogens is 354 g/mol. The maximum Gasteiger partial charge on any atom is 0.224 e. The number of methoxy groups -OCH3 is 1. The van der Waals surface area contributed by atoms with Gasteiger partial charge in [0.15, 0.2) is 5.65 Å². The molecule has 0 bridgehead atoms. The Morgan fingerprint density at radius 3 is 2.93 bits per heavy atom. The summed E-state index contributed by atoms with van der Waals surface area (Å²) in [5, 5.41) is 12.3. The molecule has 1 aromatic carbocycles. The van der Waals surface area contributed by atoms with Crippen LogP contribution >= 0.6 is 0 Å². The lowest BCUT2D eigenvalue weighted by Gasteiger charge is -2.07. The fourth-order valence-corrected chi connectivity index (χ4v) is 3.67. The van der Waals surface area contributed by atoms with Crippen LogP contribution in [-0.2, 0) is 17.8 Å². The minimum Gasteiger partial charge on any atom is -0.497 e. The van der Waals surface area contributed by atoms with Crippen molar-refractivity contribution in [1.82, 2.24) is 25.4 Å². The summed E-state index contributed by atoms with van der Waals surface area (Å²) >= 11 is 0. The van der Waals surface area contributed by atoms with Crippen molar-refractivity contribution in [3.63, 3.8) is 0 Å². The lowest BCUT2D eigenvalue weighted by molar-refractivity contribution is -0.120. The van der Waals surface area contributed by atoms with Crippen LogP contribution in [0.4, 0.5) is 0 Å². The van der Waals surface area contributed by atoms with E-state index in [1.165, 1.54) is 0 Å². The molecular formula is C21H25N5O2. The Morgan fingerprint density at radius 2 is 2.18 bits per heavy atom. The number of nitrogens with zero attached hydrogens (tertiary/aromatic N) is 3. The molecule has 0 unspecified atom stereocenters. The van der Waals surface area contributed by atoms with E-state index in [2.05, 4.69) is 21.7 Å². The second-order valence-corrected chi connectivity index (χ2v) is 7.05. The van der Waals surface area contributed by atoms with Crippen molar-refractivity contribution in [1.29, 1.82) is 0 Å². The van der Waals surface area contributed by atoms with E-state index in [9.17, 15) is 4.79 Å². The normalized spacial score (nSPS) is 16.4. The van der Waals surface area contributed by atoms with Crippen LogP contribution in [0, 0.1) is 0 Å². The molecule has 28 heavy (non-hydrogen) atoms. The van der Waals surface area contributed by atoms with Crippen molar-refractivity contribution in [3.05, 3.63) is 53.9 Å². The number of ether oxygens (including phenoxy) is 1. The number of carbonyl (C=O) groups is 1. The Bertz CT molecular complexity index is 945. The maximum absolute atomic E-state index is 12.2. The van der Waals surface area contributed by atoms with Gasteiger partial charge in [-0.15, -0.1) is 0 Å². The Morgan fingerprint density at radius 1 is 1.32 bits per heavy atom. The van der Waals surface area contributed by atoms with Gasteiger partial charge in [0.2, 0.25) is 5.91 Å². The van der Waals surface area contributed by atoms with Gasteiger partial charge in [-0.05, 0) is 42.8 Å². The molecule has 0 radical (unpaired) electrons. The average Bonchev–Trinajstić information content (AvgIpc) is 3.37. The first kappa shape index (κ1) is 18.4. The molecule has 1 aliphatic heterocycles. The van der Waals surface area contributed by atoms with E-state index in [-0.39, 0.29) is 5.91 Å². The number of nitrogens with one attached hydrogen (secondary N) is 2. The lowest BCUT2D eigenvalue weighted by atomic mass is 10.0. The summed E-state index contributed by atoms with van der Waals surface area (Å²) in [4.78, 5) is 16.7. The molecule has 2 N–H and O–H groups in total. The lowest BCUT2D eigenvalue weighted by Crippen LogP contribution is -2.29. The van der Waals surface area contributed by atoms with E-state index in [4.69, 9.17) is 9.84 Å². The molecule has 1 atom stereocenters. The number of benzene rings is 1. The third-order valence-electron chi connectivity index (χ3n) is 5.15. The highest BCUT2D eigenvalue weighted by molar-refractivity contribution is 5.79. The maximum atomic E-state index is 12.2. The van der Waals surface area contributed by atoms with E-state index in [1.807, 2.05) is 35.0 Å². The molecule has 0 saturated carbocycles. The topological polar surface area (TPSA) is 81.1 Å². The molecule has 7 nitrogen and oxygen atoms in total. The Kier molecular flexibility index (Phi) is 5.53. The largest absolute Gasteiger partial charge is 0.497 e. The standard InChI is InChI=1S/C21H25N5O2/c1-28-17-6-4-15(5-7-17)13-19(27)23-11-12-26-21-18(3-2-9-24-21)20(25-26)16-8-10-22-14-16/h2-7,9,16,22H,8,10-14H2,1H3,(H,23,27)/t16-/m0/s1. The van der Waals surface area contributed by atoms with Gasteiger partial charge in [-0.1, -0.05) is 12.1 Å². The van der Waals surface area contributed by atoms with Crippen LogP contribution in [0.1, 0.15) is 23.6 Å². The van der Waals surface area contributed by atoms with E-state index in [0.717, 1.165) is 47.6 Å². The zero-order valence-electron chi connectivity index (χ0n) is 16.0. The summed E-state index contributed by atoms with van der Waals surface area (Å²) in [6.45, 7) is 3.10. The van der Waals surface area contributed by atoms with Crippen LogP contribution in [0.15, 0.2) is 42.6 Å². The number of rotatable bonds is 7. The molecule has 2 aromatic heterocycles. The number of carbonyl (C=O) groups excluding carboxylic acids is 1. The van der Waals surface area contributed by atoms with E-state index in [0.29, 0.717) is 25.4 Å². The van der Waals surface area contributed by atoms with E-state index < -0.39 is 0 Å². The van der Waals surface area contributed by atoms with Crippen molar-refractivity contribution in [2.75, 3.05) is 26.7 Å². The first-order valence-electron chi connectivity index (χ1n) is 9.66. The first-order valence-corrected chi connectivity index (χ1v) is 9.66. The SMILES string of the molecule is COc1ccc(CC(=O)NCCn2nc([C@H]3CCNC3)c3cccnc32)cc1. The van der Waals surface area contributed by atoms with E-state index in [1.54, 1.807) is 13.3 Å². The van der Waals surface area contributed by atoms with Crippen molar-refractivity contribution in [3.8, 4) is 5.75 Å². The number of hydrogen-bond acceptors (Lipinski definition) is 5. The van der Waals surface area contributed by atoms with Gasteiger partial charge in [-0.2, -0.15) is 5.10 Å². The van der Waals surface area contributed by atoms with Gasteiger partial charge in [-0.3, -0.25) is 4.79 Å². The van der Waals surface area contributed by atoms with Crippen LogP contribution in [0.5, 0.6) is 5.75 Å². The minimum absolute atomic E-state index is 0.00481. The quantitative estimate of drug-likeness (QED) is 0.655. The smallest absolute Gasteiger partial charge is 0.224 e. The highest BCUT2D eigenvalue weighted by atomic mass is 16.5. The molecule has 4 rings (SSSR count). The number of fused-ring (bicyclic) bond motifs is 1. The zero-order valence-corrected chi connectivity index (χ0v) is 16.0. The Labute approximate surface area is 164 Å². The first-order chi connectivity index (χ1) is 13.7. The van der Waals surface area contributed by atoms with Gasteiger partial charge in [-0.25, -0.2) is 9.67 Å². The molecule has 3 heterocycles. The predicted octanol–water partition coefficient (Wildman–Crippen LogP) is 1.88. The summed E-state index contributed by atoms with van der Waals surface area (Å²) in [5.74, 6) is 1.21. The van der Waals surface area contributed by atoms with Gasteiger partial charge in [0, 0.05) is 30.6 Å². The van der Waals surface area contributed by atoms with Gasteiger partial charge in [0.05, 0.1) is 25.8 Å². The summed E-state index contributed by atoms with van der Waals surface area (Å²) < 4.78 is 7.06. The zero-order chi connectivity index (χ0) is 19.3. The molecule has 3 aromatic rings. The monoisotopic (exact) mass is 379 g/mol. The van der Waals surface area contributed by atoms with Crippen LogP contribution in [0.25, 0.3) is 11.0 Å². The van der Waals surface area contributed by atoms with Gasteiger partial charge < -0.3 is 15.4 Å². The third-order valence-corrected chi connectivity index (χ3v) is 5.15. The van der Waals surface area contributed by atoms with Crippen LogP contribution in [-0.4, -0.2) is 47.4 Å².